The lowest BCUT2D eigenvalue weighted by Crippen LogP contribution is -2.31. The van der Waals surface area contributed by atoms with Gasteiger partial charge in [0.1, 0.15) is 11.6 Å². The Bertz CT molecular complexity index is 1190. The van der Waals surface area contributed by atoms with Crippen molar-refractivity contribution in [2.24, 2.45) is 0 Å². The maximum Gasteiger partial charge on any atom is 0.280 e. The smallest absolute Gasteiger partial charge is 0.280 e. The molecule has 2 aromatic carbocycles. The van der Waals surface area contributed by atoms with Gasteiger partial charge >= 0.3 is 0 Å². The maximum absolute atomic E-state index is 13.5. The SMILES string of the molecule is CCN(CC)c1ccc(CN(C(=O)c2cn(-c3ccccc3)nn2)c2ccc(F)cc2)cn1. The van der Waals surface area contributed by atoms with E-state index in [1.807, 2.05) is 42.5 Å². The Hall–Kier alpha value is -4.07. The van der Waals surface area contributed by atoms with Crippen LogP contribution in [-0.4, -0.2) is 39.0 Å². The standard InChI is InChI=1S/C25H25FN6O/c1-3-30(4-2)24-15-10-19(16-27-24)17-31(21-13-11-20(26)12-14-21)25(33)23-18-32(29-28-23)22-8-6-5-7-9-22/h5-16,18H,3-4,17H2,1-2H3. The molecule has 0 spiro atoms. The van der Waals surface area contributed by atoms with E-state index in [9.17, 15) is 9.18 Å². The van der Waals surface area contributed by atoms with Crippen molar-refractivity contribution in [1.29, 1.82) is 0 Å². The number of hydrogen-bond acceptors (Lipinski definition) is 5. The number of halogens is 1. The average molecular weight is 445 g/mol. The zero-order valence-corrected chi connectivity index (χ0v) is 18.6. The van der Waals surface area contributed by atoms with Crippen LogP contribution in [0.2, 0.25) is 0 Å². The van der Waals surface area contributed by atoms with Crippen molar-refractivity contribution in [2.45, 2.75) is 20.4 Å². The fourth-order valence-electron chi connectivity index (χ4n) is 3.54. The molecule has 0 aliphatic heterocycles. The van der Waals surface area contributed by atoms with Crippen LogP contribution in [0, 0.1) is 5.82 Å². The molecule has 0 bridgehead atoms. The van der Waals surface area contributed by atoms with E-state index in [1.165, 1.54) is 12.1 Å². The molecule has 4 aromatic rings. The highest BCUT2D eigenvalue weighted by molar-refractivity contribution is 6.04. The number of aromatic nitrogens is 4. The molecule has 0 atom stereocenters. The predicted molar refractivity (Wildman–Crippen MR) is 126 cm³/mol. The minimum absolute atomic E-state index is 0.191. The molecule has 0 saturated carbocycles. The molecule has 0 aliphatic rings. The zero-order chi connectivity index (χ0) is 23.2. The van der Waals surface area contributed by atoms with Crippen molar-refractivity contribution in [2.75, 3.05) is 22.9 Å². The Morgan fingerprint density at radius 1 is 0.970 bits per heavy atom. The van der Waals surface area contributed by atoms with Gasteiger partial charge in [0, 0.05) is 25.0 Å². The Labute approximate surface area is 192 Å². The number of carbonyl (C=O) groups is 1. The van der Waals surface area contributed by atoms with Gasteiger partial charge < -0.3 is 9.80 Å². The zero-order valence-electron chi connectivity index (χ0n) is 18.6. The van der Waals surface area contributed by atoms with Crippen LogP contribution < -0.4 is 9.80 Å². The molecule has 4 rings (SSSR count). The first-order valence-electron chi connectivity index (χ1n) is 10.8. The number of rotatable bonds is 8. The van der Waals surface area contributed by atoms with Gasteiger partial charge in [-0.05, 0) is 61.9 Å². The molecule has 0 unspecified atom stereocenters. The van der Waals surface area contributed by atoms with E-state index < -0.39 is 0 Å². The van der Waals surface area contributed by atoms with Gasteiger partial charge in [-0.25, -0.2) is 14.1 Å². The molecular formula is C25H25FN6O. The van der Waals surface area contributed by atoms with Crippen molar-refractivity contribution in [3.05, 3.63) is 96.2 Å². The Morgan fingerprint density at radius 3 is 2.33 bits per heavy atom. The molecule has 168 valence electrons. The second kappa shape index (κ2) is 10.0. The van der Waals surface area contributed by atoms with Gasteiger partial charge in [0.05, 0.1) is 18.4 Å². The van der Waals surface area contributed by atoms with Crippen molar-refractivity contribution in [3.63, 3.8) is 0 Å². The predicted octanol–water partition coefficient (Wildman–Crippen LogP) is 4.49. The number of hydrogen-bond donors (Lipinski definition) is 0. The summed E-state index contributed by atoms with van der Waals surface area (Å²) in [6.07, 6.45) is 3.36. The molecule has 2 heterocycles. The summed E-state index contributed by atoms with van der Waals surface area (Å²) in [6.45, 7) is 6.14. The van der Waals surface area contributed by atoms with E-state index >= 15 is 0 Å². The quantitative estimate of drug-likeness (QED) is 0.400. The molecule has 0 N–H and O–H groups in total. The minimum Gasteiger partial charge on any atom is -0.357 e. The second-order valence-electron chi connectivity index (χ2n) is 7.45. The number of amides is 1. The summed E-state index contributed by atoms with van der Waals surface area (Å²) in [5.41, 5.74) is 2.40. The molecule has 7 nitrogen and oxygen atoms in total. The molecule has 0 radical (unpaired) electrons. The van der Waals surface area contributed by atoms with Crippen LogP contribution >= 0.6 is 0 Å². The van der Waals surface area contributed by atoms with Gasteiger partial charge in [-0.15, -0.1) is 5.10 Å². The second-order valence-corrected chi connectivity index (χ2v) is 7.45. The highest BCUT2D eigenvalue weighted by Gasteiger charge is 2.22. The van der Waals surface area contributed by atoms with Gasteiger partial charge in [0.2, 0.25) is 0 Å². The van der Waals surface area contributed by atoms with Gasteiger partial charge in [-0.1, -0.05) is 29.5 Å². The summed E-state index contributed by atoms with van der Waals surface area (Å²) in [6, 6.07) is 19.1. The van der Waals surface area contributed by atoms with Gasteiger partial charge in [0.25, 0.3) is 5.91 Å². The normalized spacial score (nSPS) is 10.8. The van der Waals surface area contributed by atoms with E-state index in [0.29, 0.717) is 5.69 Å². The molecule has 0 fully saturated rings. The Morgan fingerprint density at radius 2 is 1.70 bits per heavy atom. The van der Waals surface area contributed by atoms with Crippen LogP contribution in [0.5, 0.6) is 0 Å². The summed E-state index contributed by atoms with van der Waals surface area (Å²) in [7, 11) is 0. The molecule has 33 heavy (non-hydrogen) atoms. The van der Waals surface area contributed by atoms with E-state index in [4.69, 9.17) is 0 Å². The molecule has 0 aliphatic carbocycles. The van der Waals surface area contributed by atoms with Gasteiger partial charge in [-0.2, -0.15) is 0 Å². The van der Waals surface area contributed by atoms with E-state index in [2.05, 4.69) is 34.0 Å². The molecule has 8 heteroatoms. The lowest BCUT2D eigenvalue weighted by atomic mass is 10.2. The third-order valence-electron chi connectivity index (χ3n) is 5.35. The van der Waals surface area contributed by atoms with Crippen LogP contribution in [0.3, 0.4) is 0 Å². The fourth-order valence-corrected chi connectivity index (χ4v) is 3.54. The minimum atomic E-state index is -0.369. The summed E-state index contributed by atoms with van der Waals surface area (Å²) in [4.78, 5) is 21.7. The van der Waals surface area contributed by atoms with E-state index in [-0.39, 0.29) is 24.0 Å². The van der Waals surface area contributed by atoms with Gasteiger partial charge in [0.15, 0.2) is 5.69 Å². The highest BCUT2D eigenvalue weighted by Crippen LogP contribution is 2.21. The third-order valence-corrected chi connectivity index (χ3v) is 5.35. The monoisotopic (exact) mass is 444 g/mol. The number of para-hydroxylation sites is 1. The summed E-state index contributed by atoms with van der Waals surface area (Å²) in [5, 5.41) is 8.18. The van der Waals surface area contributed by atoms with Crippen molar-refractivity contribution in [3.8, 4) is 5.69 Å². The summed E-state index contributed by atoms with van der Waals surface area (Å²) < 4.78 is 15.1. The maximum atomic E-state index is 13.5. The van der Waals surface area contributed by atoms with Crippen LogP contribution in [0.25, 0.3) is 5.69 Å². The van der Waals surface area contributed by atoms with Crippen molar-refractivity contribution >= 4 is 17.4 Å². The van der Waals surface area contributed by atoms with Gasteiger partial charge in [-0.3, -0.25) is 4.79 Å². The number of nitrogens with zero attached hydrogens (tertiary/aromatic N) is 6. The Balaban J connectivity index is 1.62. The lowest BCUT2D eigenvalue weighted by molar-refractivity contribution is 0.0980. The van der Waals surface area contributed by atoms with Crippen LogP contribution in [0.15, 0.2) is 79.1 Å². The highest BCUT2D eigenvalue weighted by atomic mass is 19.1. The number of benzene rings is 2. The molecule has 1 amide bonds. The summed E-state index contributed by atoms with van der Waals surface area (Å²) >= 11 is 0. The first kappa shape index (κ1) is 22.1. The first-order chi connectivity index (χ1) is 16.1. The molecule has 2 aromatic heterocycles. The lowest BCUT2D eigenvalue weighted by Gasteiger charge is -2.23. The number of anilines is 2. The van der Waals surface area contributed by atoms with Crippen molar-refractivity contribution < 1.29 is 9.18 Å². The average Bonchev–Trinajstić information content (AvgIpc) is 3.35. The van der Waals surface area contributed by atoms with Crippen LogP contribution in [-0.2, 0) is 6.54 Å². The topological polar surface area (TPSA) is 67.2 Å². The fraction of sp³-hybridized carbons (Fsp3) is 0.200. The number of carbonyl (C=O) groups excluding carboxylic acids is 1. The third kappa shape index (κ3) is 5.06. The van der Waals surface area contributed by atoms with Crippen LogP contribution in [0.1, 0.15) is 29.9 Å². The van der Waals surface area contributed by atoms with E-state index in [1.54, 1.807) is 34.1 Å². The molecule has 0 saturated heterocycles. The van der Waals surface area contributed by atoms with E-state index in [0.717, 1.165) is 30.2 Å². The first-order valence-corrected chi connectivity index (χ1v) is 10.8. The largest absolute Gasteiger partial charge is 0.357 e. The molecular weight excluding hydrogens is 419 g/mol. The Kier molecular flexibility index (Phi) is 6.73. The summed E-state index contributed by atoms with van der Waals surface area (Å²) in [5.74, 6) is 0.178. The van der Waals surface area contributed by atoms with Crippen LogP contribution in [0.4, 0.5) is 15.9 Å². The van der Waals surface area contributed by atoms with Crippen molar-refractivity contribution in [1.82, 2.24) is 20.0 Å². The number of pyridine rings is 1.